The van der Waals surface area contributed by atoms with Gasteiger partial charge >= 0.3 is 0 Å². The van der Waals surface area contributed by atoms with Crippen molar-refractivity contribution in [2.75, 3.05) is 25.7 Å². The van der Waals surface area contributed by atoms with Gasteiger partial charge in [-0.1, -0.05) is 30.3 Å². The Labute approximate surface area is 137 Å². The van der Waals surface area contributed by atoms with Gasteiger partial charge in [0.15, 0.2) is 11.5 Å². The molecule has 4 nitrogen and oxygen atoms in total. The molecule has 0 saturated carbocycles. The van der Waals surface area contributed by atoms with E-state index >= 15 is 0 Å². The van der Waals surface area contributed by atoms with Crippen LogP contribution in [-0.2, 0) is 6.42 Å². The van der Waals surface area contributed by atoms with Gasteiger partial charge in [-0.3, -0.25) is 0 Å². The van der Waals surface area contributed by atoms with E-state index in [1.54, 1.807) is 14.2 Å². The maximum Gasteiger partial charge on any atom is 0.166 e. The zero-order chi connectivity index (χ0) is 16.4. The van der Waals surface area contributed by atoms with Crippen LogP contribution in [0.2, 0.25) is 0 Å². The molecule has 2 unspecified atom stereocenters. The molecule has 0 aromatic heterocycles. The fourth-order valence-corrected chi connectivity index (χ4v) is 3.63. The first-order chi connectivity index (χ1) is 11.2. The molecule has 3 rings (SSSR count). The normalized spacial score (nSPS) is 17.7. The SMILES string of the molecule is COc1cccc(C(CN)N2c3ccccc3CC2C)c1OC. The van der Waals surface area contributed by atoms with E-state index in [0.29, 0.717) is 12.6 Å². The number of ether oxygens (including phenoxy) is 2. The van der Waals surface area contributed by atoms with Crippen LogP contribution in [0.3, 0.4) is 0 Å². The molecule has 122 valence electrons. The molecule has 1 aliphatic heterocycles. The minimum absolute atomic E-state index is 0.0544. The maximum atomic E-state index is 6.18. The molecule has 0 bridgehead atoms. The van der Waals surface area contributed by atoms with Crippen molar-refractivity contribution in [3.05, 3.63) is 53.6 Å². The summed E-state index contributed by atoms with van der Waals surface area (Å²) in [5, 5.41) is 0. The van der Waals surface area contributed by atoms with Crippen LogP contribution in [0.4, 0.5) is 5.69 Å². The molecular weight excluding hydrogens is 288 g/mol. The second-order valence-corrected chi connectivity index (χ2v) is 5.92. The van der Waals surface area contributed by atoms with Crippen LogP contribution in [0, 0.1) is 0 Å². The van der Waals surface area contributed by atoms with E-state index < -0.39 is 0 Å². The highest BCUT2D eigenvalue weighted by molar-refractivity contribution is 5.62. The summed E-state index contributed by atoms with van der Waals surface area (Å²) < 4.78 is 11.1. The Bertz CT molecular complexity index is 687. The number of benzene rings is 2. The van der Waals surface area contributed by atoms with Gasteiger partial charge in [-0.2, -0.15) is 0 Å². The molecule has 4 heteroatoms. The molecule has 2 atom stereocenters. The van der Waals surface area contributed by atoms with Gasteiger partial charge in [0.25, 0.3) is 0 Å². The third-order valence-corrected chi connectivity index (χ3v) is 4.61. The largest absolute Gasteiger partial charge is 0.493 e. The lowest BCUT2D eigenvalue weighted by molar-refractivity contribution is 0.348. The van der Waals surface area contributed by atoms with Crippen molar-refractivity contribution in [2.45, 2.75) is 25.4 Å². The van der Waals surface area contributed by atoms with Crippen LogP contribution < -0.4 is 20.1 Å². The van der Waals surface area contributed by atoms with E-state index in [-0.39, 0.29) is 6.04 Å². The second kappa shape index (κ2) is 6.50. The van der Waals surface area contributed by atoms with E-state index in [1.165, 1.54) is 11.3 Å². The van der Waals surface area contributed by atoms with Crippen molar-refractivity contribution in [1.82, 2.24) is 0 Å². The molecule has 0 aliphatic carbocycles. The van der Waals surface area contributed by atoms with Crippen molar-refractivity contribution >= 4 is 5.69 Å². The van der Waals surface area contributed by atoms with Gasteiger partial charge in [0.05, 0.1) is 20.3 Å². The molecule has 0 radical (unpaired) electrons. The Hall–Kier alpha value is -2.20. The quantitative estimate of drug-likeness (QED) is 0.921. The van der Waals surface area contributed by atoms with Gasteiger partial charge in [-0.05, 0) is 31.0 Å². The molecule has 1 aliphatic rings. The summed E-state index contributed by atoms with van der Waals surface area (Å²) in [6.45, 7) is 2.76. The summed E-state index contributed by atoms with van der Waals surface area (Å²) in [4.78, 5) is 2.41. The fraction of sp³-hybridized carbons (Fsp3) is 0.368. The lowest BCUT2D eigenvalue weighted by Crippen LogP contribution is -2.38. The van der Waals surface area contributed by atoms with Crippen molar-refractivity contribution in [3.63, 3.8) is 0 Å². The second-order valence-electron chi connectivity index (χ2n) is 5.92. The standard InChI is InChI=1S/C19H24N2O2/c1-13-11-14-7-4-5-9-16(14)21(13)17(12-20)15-8-6-10-18(22-2)19(15)23-3/h4-10,13,17H,11-12,20H2,1-3H3. The highest BCUT2D eigenvalue weighted by Crippen LogP contribution is 2.42. The molecule has 2 aromatic carbocycles. The smallest absolute Gasteiger partial charge is 0.166 e. The molecule has 2 aromatic rings. The molecule has 23 heavy (non-hydrogen) atoms. The van der Waals surface area contributed by atoms with E-state index in [1.807, 2.05) is 12.1 Å². The Balaban J connectivity index is 2.08. The van der Waals surface area contributed by atoms with Crippen LogP contribution in [0.15, 0.2) is 42.5 Å². The fourth-order valence-electron chi connectivity index (χ4n) is 3.63. The van der Waals surface area contributed by atoms with Crippen LogP contribution in [0.25, 0.3) is 0 Å². The van der Waals surface area contributed by atoms with E-state index in [2.05, 4.69) is 42.2 Å². The third kappa shape index (κ3) is 2.63. The Morgan fingerprint density at radius 2 is 1.91 bits per heavy atom. The first kappa shape index (κ1) is 15.7. The summed E-state index contributed by atoms with van der Waals surface area (Å²) >= 11 is 0. The molecule has 0 amide bonds. The molecular formula is C19H24N2O2. The number of rotatable bonds is 5. The number of hydrogen-bond acceptors (Lipinski definition) is 4. The van der Waals surface area contributed by atoms with Gasteiger partial charge < -0.3 is 20.1 Å². The number of anilines is 1. The van der Waals surface area contributed by atoms with Crippen molar-refractivity contribution < 1.29 is 9.47 Å². The van der Waals surface area contributed by atoms with E-state index in [0.717, 1.165) is 23.5 Å². The van der Waals surface area contributed by atoms with Gasteiger partial charge in [0, 0.05) is 23.8 Å². The number of fused-ring (bicyclic) bond motifs is 1. The first-order valence-corrected chi connectivity index (χ1v) is 7.98. The zero-order valence-electron chi connectivity index (χ0n) is 14.0. The minimum Gasteiger partial charge on any atom is -0.493 e. The highest BCUT2D eigenvalue weighted by atomic mass is 16.5. The molecule has 0 saturated heterocycles. The minimum atomic E-state index is 0.0544. The topological polar surface area (TPSA) is 47.7 Å². The van der Waals surface area contributed by atoms with Gasteiger partial charge in [-0.15, -0.1) is 0 Å². The van der Waals surface area contributed by atoms with Crippen molar-refractivity contribution in [3.8, 4) is 11.5 Å². The van der Waals surface area contributed by atoms with Crippen LogP contribution in [0.1, 0.15) is 24.1 Å². The Morgan fingerprint density at radius 3 is 2.61 bits per heavy atom. The van der Waals surface area contributed by atoms with Crippen molar-refractivity contribution in [1.29, 1.82) is 0 Å². The third-order valence-electron chi connectivity index (χ3n) is 4.61. The molecule has 2 N–H and O–H groups in total. The number of methoxy groups -OCH3 is 2. The van der Waals surface area contributed by atoms with E-state index in [9.17, 15) is 0 Å². The molecule has 1 heterocycles. The summed E-state index contributed by atoms with van der Waals surface area (Å²) in [6.07, 6.45) is 1.04. The molecule has 0 fully saturated rings. The average molecular weight is 312 g/mol. The van der Waals surface area contributed by atoms with Gasteiger partial charge in [0.1, 0.15) is 0 Å². The average Bonchev–Trinajstić information content (AvgIpc) is 2.91. The highest BCUT2D eigenvalue weighted by Gasteiger charge is 2.33. The lowest BCUT2D eigenvalue weighted by Gasteiger charge is -2.34. The van der Waals surface area contributed by atoms with Crippen LogP contribution >= 0.6 is 0 Å². The van der Waals surface area contributed by atoms with Crippen LogP contribution in [0.5, 0.6) is 11.5 Å². The predicted molar refractivity (Wildman–Crippen MR) is 93.4 cm³/mol. The number of nitrogens with two attached hydrogens (primary N) is 1. The maximum absolute atomic E-state index is 6.18. The van der Waals surface area contributed by atoms with Crippen molar-refractivity contribution in [2.24, 2.45) is 5.73 Å². The summed E-state index contributed by atoms with van der Waals surface area (Å²) in [6, 6.07) is 15.0. The van der Waals surface area contributed by atoms with Gasteiger partial charge in [-0.25, -0.2) is 0 Å². The number of para-hydroxylation sites is 2. The monoisotopic (exact) mass is 312 g/mol. The Kier molecular flexibility index (Phi) is 4.44. The number of hydrogen-bond donors (Lipinski definition) is 1. The zero-order valence-corrected chi connectivity index (χ0v) is 14.0. The summed E-state index contributed by atoms with van der Waals surface area (Å²) in [7, 11) is 3.34. The number of nitrogens with zero attached hydrogens (tertiary/aromatic N) is 1. The van der Waals surface area contributed by atoms with Crippen LogP contribution in [-0.4, -0.2) is 26.8 Å². The summed E-state index contributed by atoms with van der Waals surface area (Å²) in [5.74, 6) is 1.51. The van der Waals surface area contributed by atoms with E-state index in [4.69, 9.17) is 15.2 Å². The predicted octanol–water partition coefficient (Wildman–Crippen LogP) is 3.15. The Morgan fingerprint density at radius 1 is 1.13 bits per heavy atom. The van der Waals surface area contributed by atoms with Gasteiger partial charge in [0.2, 0.25) is 0 Å². The molecule has 0 spiro atoms. The summed E-state index contributed by atoms with van der Waals surface area (Å²) in [5.41, 5.74) is 9.89. The lowest BCUT2D eigenvalue weighted by atomic mass is 10.0. The first-order valence-electron chi connectivity index (χ1n) is 7.98.